The number of carboxylic acids is 2. The molecule has 0 radical (unpaired) electrons. The van der Waals surface area contributed by atoms with Gasteiger partial charge in [0, 0.05) is 26.1 Å². The van der Waals surface area contributed by atoms with E-state index in [1.54, 1.807) is 48.5 Å². The van der Waals surface area contributed by atoms with Crippen molar-refractivity contribution in [3.05, 3.63) is 83.9 Å². The number of isocyanates is 2. The largest absolute Gasteiger partial charge is 0.491 e. The first-order valence-electron chi connectivity index (χ1n) is 15.3. The molecule has 49 heavy (non-hydrogen) atoms. The highest BCUT2D eigenvalue weighted by molar-refractivity contribution is 5.68. The normalized spacial score (nSPS) is 9.39. The number of ether oxygens (including phenoxy) is 2. The summed E-state index contributed by atoms with van der Waals surface area (Å²) in [5, 5.41) is 49.5. The maximum absolute atomic E-state index is 10.1. The van der Waals surface area contributed by atoms with Crippen LogP contribution in [-0.2, 0) is 25.6 Å². The molecule has 3 rings (SSSR count). The molecule has 0 spiro atoms. The number of nitrogens with zero attached hydrogens (tertiary/aromatic N) is 2. The monoisotopic (exact) mass is 684 g/mol. The second kappa shape index (κ2) is 30.2. The van der Waals surface area contributed by atoms with E-state index in [1.165, 1.54) is 12.2 Å². The number of hydrogen-bond donors (Lipinski definition) is 6. The molecule has 0 fully saturated rings. The van der Waals surface area contributed by atoms with Crippen LogP contribution >= 0.6 is 0 Å². The van der Waals surface area contributed by atoms with Crippen LogP contribution in [0.2, 0.25) is 0 Å². The van der Waals surface area contributed by atoms with Gasteiger partial charge in [0.1, 0.15) is 24.7 Å². The van der Waals surface area contributed by atoms with Crippen molar-refractivity contribution in [2.75, 3.05) is 39.6 Å². The molecule has 0 aliphatic rings. The fraction of sp³-hybridized carbons (Fsp3) is 0.371. The van der Waals surface area contributed by atoms with Gasteiger partial charge in [-0.1, -0.05) is 24.3 Å². The van der Waals surface area contributed by atoms with Gasteiger partial charge in [-0.15, -0.1) is 0 Å². The topological polar surface area (TPSA) is 233 Å². The Morgan fingerprint density at radius 3 is 1.14 bits per heavy atom. The van der Waals surface area contributed by atoms with Gasteiger partial charge in [0.05, 0.1) is 24.6 Å². The molecule has 0 heterocycles. The van der Waals surface area contributed by atoms with Crippen LogP contribution in [0, 0.1) is 0 Å². The molecule has 0 unspecified atom stereocenters. The molecule has 14 heteroatoms. The standard InChI is InChI=1S/C15H10N2O2.C10H14O4.C6H10O4.C4H10O2/c18-10-16-14-5-1-12(2-6-14)9-13-3-7-15(8-4-13)17-11-19;11-5-7-13-9-1-2-10(4-3-9)14-8-6-12;7-5(8)3-1-2-4-6(9)10;5-3-1-2-4-6/h1-8H,9H2;1-4,11-12H,5-8H2;1-4H2,(H,7,8)(H,9,10);5-6H,1-4H2. The van der Waals surface area contributed by atoms with Crippen LogP contribution in [0.3, 0.4) is 0 Å². The van der Waals surface area contributed by atoms with Gasteiger partial charge in [0.25, 0.3) is 0 Å². The molecule has 14 nitrogen and oxygen atoms in total. The third-order valence-electron chi connectivity index (χ3n) is 5.77. The number of carbonyl (C=O) groups is 2. The molecule has 0 aliphatic heterocycles. The lowest BCUT2D eigenvalue weighted by molar-refractivity contribution is -0.139. The van der Waals surface area contributed by atoms with Gasteiger partial charge in [-0.05, 0) is 91.8 Å². The second-order valence-corrected chi connectivity index (χ2v) is 9.68. The molecular formula is C35H44N2O12. The van der Waals surface area contributed by atoms with Gasteiger partial charge >= 0.3 is 11.9 Å². The van der Waals surface area contributed by atoms with E-state index in [0.717, 1.165) is 30.4 Å². The van der Waals surface area contributed by atoms with Crippen molar-refractivity contribution in [1.82, 2.24) is 0 Å². The summed E-state index contributed by atoms with van der Waals surface area (Å²) in [6.45, 7) is 0.973. The number of rotatable bonds is 18. The Balaban J connectivity index is 0.000000679. The lowest BCUT2D eigenvalue weighted by Gasteiger charge is -2.06. The Kier molecular flexibility index (Phi) is 27.0. The zero-order valence-electron chi connectivity index (χ0n) is 27.1. The Labute approximate surface area is 284 Å². The quantitative estimate of drug-likeness (QED) is 0.0631. The first-order valence-corrected chi connectivity index (χ1v) is 15.3. The van der Waals surface area contributed by atoms with E-state index in [2.05, 4.69) is 9.98 Å². The second-order valence-electron chi connectivity index (χ2n) is 9.68. The van der Waals surface area contributed by atoms with Gasteiger partial charge < -0.3 is 40.1 Å². The van der Waals surface area contributed by atoms with Crippen LogP contribution < -0.4 is 9.47 Å². The highest BCUT2D eigenvalue weighted by Crippen LogP contribution is 2.18. The molecule has 6 N–H and O–H groups in total. The van der Waals surface area contributed by atoms with E-state index < -0.39 is 11.9 Å². The molecule has 3 aromatic carbocycles. The van der Waals surface area contributed by atoms with E-state index in [1.807, 2.05) is 24.3 Å². The molecule has 0 saturated heterocycles. The van der Waals surface area contributed by atoms with Crippen molar-refractivity contribution in [1.29, 1.82) is 0 Å². The summed E-state index contributed by atoms with van der Waals surface area (Å²) in [4.78, 5) is 47.1. The summed E-state index contributed by atoms with van der Waals surface area (Å²) in [6.07, 6.45) is 6.22. The first-order chi connectivity index (χ1) is 23.7. The number of carbonyl (C=O) groups excluding carboxylic acids is 2. The third kappa shape index (κ3) is 25.6. The number of aliphatic hydroxyl groups excluding tert-OH is 4. The van der Waals surface area contributed by atoms with Gasteiger partial charge in [-0.25, -0.2) is 9.59 Å². The average Bonchev–Trinajstić information content (AvgIpc) is 3.10. The molecule has 266 valence electrons. The maximum atomic E-state index is 10.1. The number of aliphatic carboxylic acids is 2. The summed E-state index contributed by atoms with van der Waals surface area (Å²) in [7, 11) is 0. The van der Waals surface area contributed by atoms with Crippen LogP contribution in [0.5, 0.6) is 11.5 Å². The smallest absolute Gasteiger partial charge is 0.303 e. The Morgan fingerprint density at radius 2 is 0.878 bits per heavy atom. The van der Waals surface area contributed by atoms with Crippen molar-refractivity contribution >= 4 is 35.5 Å². The van der Waals surface area contributed by atoms with Crippen LogP contribution in [-0.4, -0.2) is 94.4 Å². The van der Waals surface area contributed by atoms with E-state index in [9.17, 15) is 19.2 Å². The Bertz CT molecular complexity index is 1280. The Morgan fingerprint density at radius 1 is 0.531 bits per heavy atom. The minimum Gasteiger partial charge on any atom is -0.491 e. The van der Waals surface area contributed by atoms with Crippen LogP contribution in [0.4, 0.5) is 11.4 Å². The van der Waals surface area contributed by atoms with Gasteiger partial charge in [-0.3, -0.25) is 9.59 Å². The summed E-state index contributed by atoms with van der Waals surface area (Å²) >= 11 is 0. The third-order valence-corrected chi connectivity index (χ3v) is 5.77. The number of benzene rings is 3. The van der Waals surface area contributed by atoms with Crippen molar-refractivity contribution in [3.8, 4) is 11.5 Å². The maximum Gasteiger partial charge on any atom is 0.303 e. The van der Waals surface area contributed by atoms with Gasteiger partial charge in [0.15, 0.2) is 0 Å². The molecule has 0 amide bonds. The predicted molar refractivity (Wildman–Crippen MR) is 180 cm³/mol. The summed E-state index contributed by atoms with van der Waals surface area (Å²) in [5.41, 5.74) is 3.40. The van der Waals surface area contributed by atoms with E-state index in [4.69, 9.17) is 40.1 Å². The van der Waals surface area contributed by atoms with Crippen LogP contribution in [0.25, 0.3) is 0 Å². The van der Waals surface area contributed by atoms with Crippen LogP contribution in [0.15, 0.2) is 82.8 Å². The number of aliphatic imine (C=N–C) groups is 2. The zero-order valence-corrected chi connectivity index (χ0v) is 27.1. The molecule has 0 aromatic heterocycles. The lowest BCUT2D eigenvalue weighted by atomic mass is 10.0. The SMILES string of the molecule is O=C(O)CCCCC(=O)O.O=C=Nc1ccc(Cc2ccc(N=C=O)cc2)cc1.OCCCCO.OCCOc1ccc(OCCO)cc1. The molecule has 0 bridgehead atoms. The fourth-order valence-corrected chi connectivity index (χ4v) is 3.45. The number of unbranched alkanes of at least 4 members (excludes halogenated alkanes) is 2. The van der Waals surface area contributed by atoms with Crippen molar-refractivity contribution in [2.45, 2.75) is 44.9 Å². The van der Waals surface area contributed by atoms with E-state index >= 15 is 0 Å². The molecule has 0 atom stereocenters. The van der Waals surface area contributed by atoms with Crippen molar-refractivity contribution < 1.29 is 59.3 Å². The highest BCUT2D eigenvalue weighted by Gasteiger charge is 2.00. The minimum absolute atomic E-state index is 0.00274. The van der Waals surface area contributed by atoms with Gasteiger partial charge in [-0.2, -0.15) is 9.98 Å². The van der Waals surface area contributed by atoms with Gasteiger partial charge in [0.2, 0.25) is 12.2 Å². The highest BCUT2D eigenvalue weighted by atomic mass is 16.5. The van der Waals surface area contributed by atoms with Crippen molar-refractivity contribution in [2.24, 2.45) is 9.98 Å². The fourth-order valence-electron chi connectivity index (χ4n) is 3.45. The van der Waals surface area contributed by atoms with E-state index in [0.29, 0.717) is 35.7 Å². The number of carboxylic acid groups (broad SMARTS) is 2. The van der Waals surface area contributed by atoms with E-state index in [-0.39, 0.29) is 52.5 Å². The zero-order chi connectivity index (χ0) is 36.5. The number of hydrogen-bond acceptors (Lipinski definition) is 12. The summed E-state index contributed by atoms with van der Waals surface area (Å²) < 4.78 is 10.3. The molecular weight excluding hydrogens is 640 g/mol. The molecule has 3 aromatic rings. The average molecular weight is 685 g/mol. The first kappa shape index (κ1) is 43.8. The Hall–Kier alpha value is -5.20. The summed E-state index contributed by atoms with van der Waals surface area (Å²) in [6, 6.07) is 21.7. The molecule has 0 aliphatic carbocycles. The van der Waals surface area contributed by atoms with Crippen LogP contribution in [0.1, 0.15) is 49.7 Å². The molecule has 0 saturated carbocycles. The summed E-state index contributed by atoms with van der Waals surface area (Å²) in [5.74, 6) is -0.360. The minimum atomic E-state index is -0.870. The lowest BCUT2D eigenvalue weighted by Crippen LogP contribution is -2.03. The van der Waals surface area contributed by atoms with Crippen molar-refractivity contribution in [3.63, 3.8) is 0 Å². The number of aliphatic hydroxyl groups is 4. The predicted octanol–water partition coefficient (Wildman–Crippen LogP) is 4.11.